The maximum atomic E-state index is 13.5. The number of anilines is 1. The molecule has 0 aromatic heterocycles. The topological polar surface area (TPSA) is 55.4 Å². The molecule has 0 bridgehead atoms. The number of rotatable bonds is 7. The van der Waals surface area contributed by atoms with Crippen LogP contribution in [0.4, 0.5) is 14.5 Å². The summed E-state index contributed by atoms with van der Waals surface area (Å²) in [5.74, 6) is -2.20. The van der Waals surface area contributed by atoms with Gasteiger partial charge in [0.15, 0.2) is 6.10 Å². The molecule has 0 spiro atoms. The van der Waals surface area contributed by atoms with Crippen molar-refractivity contribution in [1.82, 2.24) is 0 Å². The minimum atomic E-state index is -1.12. The van der Waals surface area contributed by atoms with Crippen LogP contribution in [-0.2, 0) is 14.3 Å². The van der Waals surface area contributed by atoms with E-state index in [0.29, 0.717) is 5.75 Å². The molecule has 2 rings (SSSR count). The van der Waals surface area contributed by atoms with Crippen LogP contribution in [0.5, 0.6) is 0 Å². The van der Waals surface area contributed by atoms with Gasteiger partial charge in [0, 0.05) is 16.7 Å². The van der Waals surface area contributed by atoms with Crippen LogP contribution in [0.2, 0.25) is 0 Å². The fourth-order valence-electron chi connectivity index (χ4n) is 2.19. The highest BCUT2D eigenvalue weighted by Crippen LogP contribution is 2.22. The largest absolute Gasteiger partial charge is 0.453 e. The number of halogens is 2. The summed E-state index contributed by atoms with van der Waals surface area (Å²) in [5, 5.41) is 2.21. The summed E-state index contributed by atoms with van der Waals surface area (Å²) in [4.78, 5) is 24.9. The van der Waals surface area contributed by atoms with E-state index in [0.717, 1.165) is 23.1 Å². The minimum Gasteiger partial charge on any atom is -0.453 e. The van der Waals surface area contributed by atoms with Crippen molar-refractivity contribution >= 4 is 29.3 Å². The third kappa shape index (κ3) is 6.36. The number of carbonyl (C=O) groups is 2. The number of amides is 1. The van der Waals surface area contributed by atoms with Crippen molar-refractivity contribution in [3.63, 3.8) is 0 Å². The number of hydrogen-bond acceptors (Lipinski definition) is 4. The van der Waals surface area contributed by atoms with Gasteiger partial charge in [0.1, 0.15) is 11.6 Å². The predicted molar refractivity (Wildman–Crippen MR) is 102 cm³/mol. The second kappa shape index (κ2) is 9.50. The Balaban J connectivity index is 1.79. The molecular weight excluding hydrogens is 372 g/mol. The number of thioether (sulfide) groups is 1. The fourth-order valence-corrected chi connectivity index (χ4v) is 3.12. The molecule has 1 atom stereocenters. The van der Waals surface area contributed by atoms with E-state index < -0.39 is 29.6 Å². The van der Waals surface area contributed by atoms with Crippen molar-refractivity contribution in [3.8, 4) is 0 Å². The number of aryl methyl sites for hydroxylation is 2. The molecule has 0 heterocycles. The van der Waals surface area contributed by atoms with Gasteiger partial charge in [0.25, 0.3) is 5.91 Å². The van der Waals surface area contributed by atoms with Crippen LogP contribution < -0.4 is 5.32 Å². The number of ether oxygens (including phenoxy) is 1. The summed E-state index contributed by atoms with van der Waals surface area (Å²) in [6, 6.07) is 8.78. The Labute approximate surface area is 161 Å². The third-order valence-corrected chi connectivity index (χ3v) is 4.91. The average Bonchev–Trinajstić information content (AvgIpc) is 2.61. The molecule has 0 saturated carbocycles. The smallest absolute Gasteiger partial charge is 0.307 e. The van der Waals surface area contributed by atoms with Gasteiger partial charge in [-0.2, -0.15) is 0 Å². The number of nitrogens with one attached hydrogen (secondary N) is 1. The molecule has 0 aliphatic heterocycles. The summed E-state index contributed by atoms with van der Waals surface area (Å²) in [7, 11) is 0. The van der Waals surface area contributed by atoms with E-state index in [2.05, 4.69) is 11.4 Å². The first kappa shape index (κ1) is 20.9. The van der Waals surface area contributed by atoms with Gasteiger partial charge in [-0.3, -0.25) is 9.59 Å². The van der Waals surface area contributed by atoms with Crippen LogP contribution in [0.3, 0.4) is 0 Å². The molecular formula is C20H21F2NO3S. The second-order valence-electron chi connectivity index (χ2n) is 6.09. The van der Waals surface area contributed by atoms with E-state index in [1.165, 1.54) is 29.8 Å². The number of carbonyl (C=O) groups excluding carboxylic acids is 2. The second-order valence-corrected chi connectivity index (χ2v) is 7.26. The highest BCUT2D eigenvalue weighted by molar-refractivity contribution is 7.99. The normalized spacial score (nSPS) is 11.7. The summed E-state index contributed by atoms with van der Waals surface area (Å²) in [5.41, 5.74) is 2.08. The molecule has 7 heteroatoms. The van der Waals surface area contributed by atoms with E-state index in [1.807, 2.05) is 26.0 Å². The lowest BCUT2D eigenvalue weighted by Gasteiger charge is -2.14. The molecule has 0 fully saturated rings. The Morgan fingerprint density at radius 2 is 1.85 bits per heavy atom. The van der Waals surface area contributed by atoms with Crippen molar-refractivity contribution < 1.29 is 23.1 Å². The Kier molecular flexibility index (Phi) is 7.36. The van der Waals surface area contributed by atoms with Crippen LogP contribution in [0, 0.1) is 25.5 Å². The first-order valence-electron chi connectivity index (χ1n) is 8.41. The molecule has 4 nitrogen and oxygen atoms in total. The number of esters is 1. The van der Waals surface area contributed by atoms with Crippen LogP contribution in [-0.4, -0.2) is 23.7 Å². The number of hydrogen-bond donors (Lipinski definition) is 1. The SMILES string of the molecule is Cc1ccc(SCCC(=O)O[C@H](C)C(=O)Nc2cc(F)ccc2F)cc1C. The summed E-state index contributed by atoms with van der Waals surface area (Å²) in [6.45, 7) is 5.43. The monoisotopic (exact) mass is 393 g/mol. The van der Waals surface area contributed by atoms with Crippen molar-refractivity contribution in [1.29, 1.82) is 0 Å². The van der Waals surface area contributed by atoms with Crippen molar-refractivity contribution in [2.45, 2.75) is 38.2 Å². The van der Waals surface area contributed by atoms with Gasteiger partial charge < -0.3 is 10.1 Å². The van der Waals surface area contributed by atoms with E-state index in [4.69, 9.17) is 4.74 Å². The predicted octanol–water partition coefficient (Wildman–Crippen LogP) is 4.63. The highest BCUT2D eigenvalue weighted by Gasteiger charge is 2.19. The molecule has 1 amide bonds. The van der Waals surface area contributed by atoms with Gasteiger partial charge in [-0.15, -0.1) is 11.8 Å². The van der Waals surface area contributed by atoms with Gasteiger partial charge >= 0.3 is 5.97 Å². The molecule has 0 saturated heterocycles. The van der Waals surface area contributed by atoms with E-state index in [1.54, 1.807) is 0 Å². The van der Waals surface area contributed by atoms with E-state index in [-0.39, 0.29) is 12.1 Å². The highest BCUT2D eigenvalue weighted by atomic mass is 32.2. The lowest BCUT2D eigenvalue weighted by atomic mass is 10.1. The first-order chi connectivity index (χ1) is 12.8. The molecule has 2 aromatic rings. The van der Waals surface area contributed by atoms with Gasteiger partial charge in [0.05, 0.1) is 12.1 Å². The zero-order valence-corrected chi connectivity index (χ0v) is 16.2. The van der Waals surface area contributed by atoms with E-state index >= 15 is 0 Å². The Hall–Kier alpha value is -2.41. The molecule has 144 valence electrons. The van der Waals surface area contributed by atoms with Gasteiger partial charge in [-0.1, -0.05) is 6.07 Å². The van der Waals surface area contributed by atoms with Crippen molar-refractivity contribution in [2.24, 2.45) is 0 Å². The fraction of sp³-hybridized carbons (Fsp3) is 0.300. The van der Waals surface area contributed by atoms with Crippen LogP contribution in [0.25, 0.3) is 0 Å². The van der Waals surface area contributed by atoms with Crippen LogP contribution in [0.15, 0.2) is 41.3 Å². The first-order valence-corrected chi connectivity index (χ1v) is 9.40. The maximum Gasteiger partial charge on any atom is 0.307 e. The third-order valence-electron chi connectivity index (χ3n) is 3.92. The molecule has 2 aromatic carbocycles. The lowest BCUT2D eigenvalue weighted by Crippen LogP contribution is -2.30. The van der Waals surface area contributed by atoms with Gasteiger partial charge in [-0.05, 0) is 56.2 Å². The van der Waals surface area contributed by atoms with Gasteiger partial charge in [0.2, 0.25) is 0 Å². The summed E-state index contributed by atoms with van der Waals surface area (Å²) < 4.78 is 31.7. The average molecular weight is 393 g/mol. The standard InChI is InChI=1S/C20H21F2NO3S/c1-12-4-6-16(10-13(12)2)27-9-8-19(24)26-14(3)20(25)23-18-11-15(21)5-7-17(18)22/h4-7,10-11,14H,8-9H2,1-3H3,(H,23,25)/t14-/m1/s1. The molecule has 0 aliphatic rings. The molecule has 0 aliphatic carbocycles. The Bertz CT molecular complexity index is 842. The lowest BCUT2D eigenvalue weighted by molar-refractivity contribution is -0.152. The molecule has 27 heavy (non-hydrogen) atoms. The molecule has 0 unspecified atom stereocenters. The number of benzene rings is 2. The zero-order chi connectivity index (χ0) is 20.0. The van der Waals surface area contributed by atoms with Crippen LogP contribution >= 0.6 is 11.8 Å². The van der Waals surface area contributed by atoms with Crippen molar-refractivity contribution in [2.75, 3.05) is 11.1 Å². The zero-order valence-electron chi connectivity index (χ0n) is 15.3. The maximum absolute atomic E-state index is 13.5. The quantitative estimate of drug-likeness (QED) is 0.550. The Morgan fingerprint density at radius 1 is 1.11 bits per heavy atom. The van der Waals surface area contributed by atoms with E-state index in [9.17, 15) is 18.4 Å². The summed E-state index contributed by atoms with van der Waals surface area (Å²) in [6.07, 6.45) is -0.990. The van der Waals surface area contributed by atoms with Gasteiger partial charge in [-0.25, -0.2) is 8.78 Å². The molecule has 0 radical (unpaired) electrons. The minimum absolute atomic E-state index is 0.129. The van der Waals surface area contributed by atoms with Crippen LogP contribution in [0.1, 0.15) is 24.5 Å². The molecule has 1 N–H and O–H groups in total. The summed E-state index contributed by atoms with van der Waals surface area (Å²) >= 11 is 1.52. The van der Waals surface area contributed by atoms with Crippen molar-refractivity contribution in [3.05, 3.63) is 59.2 Å². The Morgan fingerprint density at radius 3 is 2.56 bits per heavy atom.